The summed E-state index contributed by atoms with van der Waals surface area (Å²) in [5.74, 6) is 1.22. The molecule has 140 valence electrons. The van der Waals surface area contributed by atoms with Crippen LogP contribution >= 0.6 is 0 Å². The summed E-state index contributed by atoms with van der Waals surface area (Å²) in [4.78, 5) is 9.03. The third-order valence-electron chi connectivity index (χ3n) is 5.36. The van der Waals surface area contributed by atoms with E-state index in [2.05, 4.69) is 39.6 Å². The fourth-order valence-corrected chi connectivity index (χ4v) is 4.60. The summed E-state index contributed by atoms with van der Waals surface area (Å²) < 4.78 is 24.0. The number of nitrogens with one attached hydrogen (secondary N) is 1. The molecule has 4 rings (SSSR count). The van der Waals surface area contributed by atoms with Crippen molar-refractivity contribution < 1.29 is 8.42 Å². The van der Waals surface area contributed by atoms with Crippen molar-refractivity contribution in [2.75, 3.05) is 11.6 Å². The Morgan fingerprint density at radius 3 is 2.48 bits per heavy atom. The summed E-state index contributed by atoms with van der Waals surface area (Å²) >= 11 is 0. The van der Waals surface area contributed by atoms with Crippen LogP contribution < -0.4 is 5.32 Å². The fraction of sp³-hybridized carbons (Fsp3) is 0.333. The first-order valence-corrected chi connectivity index (χ1v) is 11.2. The largest absolute Gasteiger partial charge is 0.362 e. The van der Waals surface area contributed by atoms with Gasteiger partial charge in [-0.15, -0.1) is 0 Å². The predicted molar refractivity (Wildman–Crippen MR) is 107 cm³/mol. The summed E-state index contributed by atoms with van der Waals surface area (Å²) in [6.07, 6.45) is 7.61. The van der Waals surface area contributed by atoms with Gasteiger partial charge in [0.15, 0.2) is 9.84 Å². The molecule has 1 N–H and O–H groups in total. The second-order valence-corrected chi connectivity index (χ2v) is 9.27. The van der Waals surface area contributed by atoms with Crippen LogP contribution in [0.5, 0.6) is 0 Å². The van der Waals surface area contributed by atoms with Gasteiger partial charge in [-0.1, -0.05) is 43.2 Å². The zero-order valence-electron chi connectivity index (χ0n) is 15.3. The van der Waals surface area contributed by atoms with Crippen LogP contribution in [-0.2, 0) is 9.84 Å². The quantitative estimate of drug-likeness (QED) is 0.710. The van der Waals surface area contributed by atoms with E-state index < -0.39 is 9.84 Å². The van der Waals surface area contributed by atoms with E-state index in [1.807, 2.05) is 6.07 Å². The van der Waals surface area contributed by atoms with Gasteiger partial charge in [0.1, 0.15) is 12.1 Å². The van der Waals surface area contributed by atoms with E-state index in [1.165, 1.54) is 43.8 Å². The molecule has 1 aliphatic rings. The van der Waals surface area contributed by atoms with Crippen molar-refractivity contribution in [2.24, 2.45) is 5.92 Å². The van der Waals surface area contributed by atoms with E-state index in [-0.39, 0.29) is 10.9 Å². The number of nitrogens with zero attached hydrogens (tertiary/aromatic N) is 2. The Balaban J connectivity index is 1.78. The Hall–Kier alpha value is -2.47. The molecule has 1 heterocycles. The third-order valence-corrected chi connectivity index (χ3v) is 6.47. The van der Waals surface area contributed by atoms with Crippen LogP contribution in [0.15, 0.2) is 59.8 Å². The number of benzene rings is 2. The van der Waals surface area contributed by atoms with E-state index in [1.54, 1.807) is 18.2 Å². The van der Waals surface area contributed by atoms with Crippen molar-refractivity contribution in [3.8, 4) is 0 Å². The predicted octanol–water partition coefficient (Wildman–Crippen LogP) is 4.38. The molecule has 1 fully saturated rings. The van der Waals surface area contributed by atoms with Crippen molar-refractivity contribution in [3.63, 3.8) is 0 Å². The van der Waals surface area contributed by atoms with Crippen LogP contribution in [0.4, 0.5) is 5.82 Å². The number of anilines is 1. The van der Waals surface area contributed by atoms with E-state index in [0.29, 0.717) is 11.7 Å². The van der Waals surface area contributed by atoms with Crippen molar-refractivity contribution >= 4 is 26.6 Å². The van der Waals surface area contributed by atoms with Crippen LogP contribution in [0.25, 0.3) is 10.9 Å². The number of hydrogen-bond acceptors (Lipinski definition) is 5. The van der Waals surface area contributed by atoms with Crippen LogP contribution in [-0.4, -0.2) is 24.6 Å². The van der Waals surface area contributed by atoms with Crippen molar-refractivity contribution in [3.05, 3.63) is 60.4 Å². The number of aromatic nitrogens is 2. The highest BCUT2D eigenvalue weighted by Gasteiger charge is 2.27. The van der Waals surface area contributed by atoms with Gasteiger partial charge < -0.3 is 5.32 Å². The molecule has 0 saturated heterocycles. The molecule has 1 aliphatic carbocycles. The Kier molecular flexibility index (Phi) is 4.83. The Morgan fingerprint density at radius 1 is 1.04 bits per heavy atom. The zero-order valence-corrected chi connectivity index (χ0v) is 16.1. The molecule has 27 heavy (non-hydrogen) atoms. The first-order chi connectivity index (χ1) is 13.0. The second kappa shape index (κ2) is 7.27. The molecule has 3 aromatic rings. The number of rotatable bonds is 5. The molecule has 1 aromatic heterocycles. The van der Waals surface area contributed by atoms with Gasteiger partial charge in [0, 0.05) is 11.6 Å². The molecular weight excluding hydrogens is 358 g/mol. The molecule has 1 unspecified atom stereocenters. The van der Waals surface area contributed by atoms with E-state index >= 15 is 0 Å². The molecule has 0 amide bonds. The standard InChI is InChI=1S/C21H23N3O2S/c1-27(25,26)17-11-12-19-18(13-17)21(23-14-22-19)24-20(16-9-5-6-10-16)15-7-3-2-4-8-15/h2-4,7-8,11-14,16,20H,5-6,9-10H2,1H3,(H,22,23,24). The molecule has 5 nitrogen and oxygen atoms in total. The average Bonchev–Trinajstić information content (AvgIpc) is 3.20. The summed E-state index contributed by atoms with van der Waals surface area (Å²) in [7, 11) is -3.29. The number of fused-ring (bicyclic) bond motifs is 1. The third kappa shape index (κ3) is 3.81. The Bertz CT molecular complexity index is 1050. The van der Waals surface area contributed by atoms with Crippen molar-refractivity contribution in [1.82, 2.24) is 9.97 Å². The van der Waals surface area contributed by atoms with Crippen LogP contribution in [0.1, 0.15) is 37.3 Å². The van der Waals surface area contributed by atoms with Gasteiger partial charge in [-0.25, -0.2) is 18.4 Å². The molecule has 2 aromatic carbocycles. The van der Waals surface area contributed by atoms with Gasteiger partial charge in [-0.3, -0.25) is 0 Å². The molecule has 0 spiro atoms. The molecule has 0 aliphatic heterocycles. The summed E-state index contributed by atoms with van der Waals surface area (Å²) in [5, 5.41) is 4.35. The highest BCUT2D eigenvalue weighted by molar-refractivity contribution is 7.90. The smallest absolute Gasteiger partial charge is 0.175 e. The SMILES string of the molecule is CS(=O)(=O)c1ccc2ncnc(NC(c3ccccc3)C3CCCC3)c2c1. The van der Waals surface area contributed by atoms with Crippen molar-refractivity contribution in [2.45, 2.75) is 36.6 Å². The maximum atomic E-state index is 12.0. The first-order valence-electron chi connectivity index (χ1n) is 9.29. The van der Waals surface area contributed by atoms with Crippen LogP contribution in [0.3, 0.4) is 0 Å². The maximum absolute atomic E-state index is 12.0. The monoisotopic (exact) mass is 381 g/mol. The van der Waals surface area contributed by atoms with Gasteiger partial charge in [0.25, 0.3) is 0 Å². The zero-order chi connectivity index (χ0) is 18.9. The summed E-state index contributed by atoms with van der Waals surface area (Å²) in [6.45, 7) is 0. The molecule has 1 atom stereocenters. The van der Waals surface area contributed by atoms with E-state index in [4.69, 9.17) is 0 Å². The lowest BCUT2D eigenvalue weighted by Gasteiger charge is -2.26. The van der Waals surface area contributed by atoms with Gasteiger partial charge in [0.2, 0.25) is 0 Å². The molecular formula is C21H23N3O2S. The highest BCUT2D eigenvalue weighted by atomic mass is 32.2. The lowest BCUT2D eigenvalue weighted by molar-refractivity contribution is 0.469. The summed E-state index contributed by atoms with van der Waals surface area (Å²) in [5.41, 5.74) is 1.97. The molecule has 0 bridgehead atoms. The Labute approximate surface area is 159 Å². The van der Waals surface area contributed by atoms with Crippen LogP contribution in [0.2, 0.25) is 0 Å². The maximum Gasteiger partial charge on any atom is 0.175 e. The van der Waals surface area contributed by atoms with Crippen LogP contribution in [0, 0.1) is 5.92 Å². The van der Waals surface area contributed by atoms with Gasteiger partial charge in [-0.05, 0) is 42.5 Å². The van der Waals surface area contributed by atoms with Gasteiger partial charge in [-0.2, -0.15) is 0 Å². The normalized spacial score (nSPS) is 16.5. The second-order valence-electron chi connectivity index (χ2n) is 7.25. The van der Waals surface area contributed by atoms with E-state index in [9.17, 15) is 8.42 Å². The lowest BCUT2D eigenvalue weighted by atomic mass is 9.91. The molecule has 1 saturated carbocycles. The minimum Gasteiger partial charge on any atom is -0.362 e. The Morgan fingerprint density at radius 2 is 1.78 bits per heavy atom. The number of sulfone groups is 1. The minimum atomic E-state index is -3.29. The van der Waals surface area contributed by atoms with Crippen molar-refractivity contribution in [1.29, 1.82) is 0 Å². The lowest BCUT2D eigenvalue weighted by Crippen LogP contribution is -2.20. The van der Waals surface area contributed by atoms with Gasteiger partial charge in [0.05, 0.1) is 16.5 Å². The highest BCUT2D eigenvalue weighted by Crippen LogP contribution is 2.38. The summed E-state index contributed by atoms with van der Waals surface area (Å²) in [6, 6.07) is 15.6. The van der Waals surface area contributed by atoms with E-state index in [0.717, 1.165) is 10.9 Å². The molecule has 0 radical (unpaired) electrons. The first kappa shape index (κ1) is 17.9. The number of hydrogen-bond donors (Lipinski definition) is 1. The fourth-order valence-electron chi connectivity index (χ4n) is 3.95. The minimum absolute atomic E-state index is 0.147. The average molecular weight is 382 g/mol. The topological polar surface area (TPSA) is 72.0 Å². The molecule has 6 heteroatoms. The van der Waals surface area contributed by atoms with Gasteiger partial charge >= 0.3 is 0 Å².